The zero-order chi connectivity index (χ0) is 6.97. The molecule has 1 aliphatic heterocycles. The van der Waals surface area contributed by atoms with Gasteiger partial charge < -0.3 is 5.32 Å². The van der Waals surface area contributed by atoms with Gasteiger partial charge in [0.1, 0.15) is 0 Å². The second kappa shape index (κ2) is 3.02. The molecule has 2 rings (SSSR count). The Labute approximate surface area is 68.6 Å². The summed E-state index contributed by atoms with van der Waals surface area (Å²) < 4.78 is 0. The lowest BCUT2D eigenvalue weighted by Gasteiger charge is -1.93. The first kappa shape index (κ1) is 8.22. The van der Waals surface area contributed by atoms with Crippen LogP contribution in [0.15, 0.2) is 24.3 Å². The van der Waals surface area contributed by atoms with Crippen molar-refractivity contribution < 1.29 is 4.79 Å². The highest BCUT2D eigenvalue weighted by Crippen LogP contribution is 2.20. The maximum Gasteiger partial charge on any atom is 0.228 e. The first-order chi connectivity index (χ1) is 4.86. The van der Waals surface area contributed by atoms with E-state index >= 15 is 0 Å². The van der Waals surface area contributed by atoms with Gasteiger partial charge in [0.05, 0.1) is 6.42 Å². The van der Waals surface area contributed by atoms with Gasteiger partial charge in [0.2, 0.25) is 5.91 Å². The number of hydrogen-bond acceptors (Lipinski definition) is 1. The predicted octanol–water partition coefficient (Wildman–Crippen LogP) is 1.24. The van der Waals surface area contributed by atoms with Crippen molar-refractivity contribution in [3.05, 3.63) is 29.8 Å². The molecule has 1 N–H and O–H groups in total. The molecule has 0 saturated heterocycles. The Bertz CT molecular complexity index is 258. The number of hydrogen-bond donors (Lipinski definition) is 1. The largest absolute Gasteiger partial charge is 0.326 e. The summed E-state index contributed by atoms with van der Waals surface area (Å²) in [6.07, 6.45) is 0.538. The highest BCUT2D eigenvalue weighted by atomic mass is 31.0. The first-order valence-corrected chi connectivity index (χ1v) is 3.24. The molecular formula is C8H10NOP. The van der Waals surface area contributed by atoms with E-state index < -0.39 is 0 Å². The Hall–Kier alpha value is -0.880. The summed E-state index contributed by atoms with van der Waals surface area (Å²) in [5, 5.41) is 2.76. The molecule has 0 aliphatic carbocycles. The highest BCUT2D eigenvalue weighted by Gasteiger charge is 2.15. The number of carbonyl (C=O) groups excluding carboxylic acids is 1. The molecule has 1 aromatic carbocycles. The van der Waals surface area contributed by atoms with E-state index in [4.69, 9.17) is 0 Å². The predicted molar refractivity (Wildman–Crippen MR) is 49.9 cm³/mol. The molecule has 1 amide bonds. The molecule has 0 radical (unpaired) electrons. The van der Waals surface area contributed by atoms with Gasteiger partial charge in [0.25, 0.3) is 0 Å². The summed E-state index contributed by atoms with van der Waals surface area (Å²) >= 11 is 0. The van der Waals surface area contributed by atoms with Crippen LogP contribution in [0.25, 0.3) is 0 Å². The minimum Gasteiger partial charge on any atom is -0.326 e. The van der Waals surface area contributed by atoms with E-state index in [9.17, 15) is 4.79 Å². The van der Waals surface area contributed by atoms with Crippen LogP contribution >= 0.6 is 9.90 Å². The molecular weight excluding hydrogens is 157 g/mol. The molecule has 1 aliphatic rings. The molecule has 2 nitrogen and oxygen atoms in total. The molecule has 1 unspecified atom stereocenters. The minimum absolute atomic E-state index is 0. The van der Waals surface area contributed by atoms with Gasteiger partial charge in [-0.15, -0.1) is 0 Å². The van der Waals surface area contributed by atoms with E-state index in [1.165, 1.54) is 0 Å². The minimum atomic E-state index is 0. The van der Waals surface area contributed by atoms with Crippen LogP contribution in [0.3, 0.4) is 0 Å². The third-order valence-corrected chi connectivity index (χ3v) is 1.64. The third-order valence-electron chi connectivity index (χ3n) is 1.64. The third kappa shape index (κ3) is 1.41. The van der Waals surface area contributed by atoms with Gasteiger partial charge in [-0.3, -0.25) is 4.79 Å². The summed E-state index contributed by atoms with van der Waals surface area (Å²) in [7, 11) is 0. The van der Waals surface area contributed by atoms with E-state index in [0.29, 0.717) is 6.42 Å². The lowest BCUT2D eigenvalue weighted by atomic mass is 10.2. The summed E-state index contributed by atoms with van der Waals surface area (Å²) in [6, 6.07) is 7.75. The molecule has 0 spiro atoms. The molecule has 0 fully saturated rings. The van der Waals surface area contributed by atoms with Crippen LogP contribution in [0.1, 0.15) is 5.56 Å². The lowest BCUT2D eigenvalue weighted by molar-refractivity contribution is -0.115. The number of rotatable bonds is 0. The van der Waals surface area contributed by atoms with Crippen LogP contribution < -0.4 is 5.32 Å². The molecule has 58 valence electrons. The Morgan fingerprint density at radius 2 is 2.00 bits per heavy atom. The van der Waals surface area contributed by atoms with Crippen molar-refractivity contribution in [3.8, 4) is 0 Å². The van der Waals surface area contributed by atoms with Crippen LogP contribution in [0, 0.1) is 0 Å². The first-order valence-electron chi connectivity index (χ1n) is 3.24. The van der Waals surface area contributed by atoms with Crippen molar-refractivity contribution in [3.63, 3.8) is 0 Å². The van der Waals surface area contributed by atoms with Crippen LogP contribution in [0.5, 0.6) is 0 Å². The second-order valence-corrected chi connectivity index (χ2v) is 2.38. The SMILES string of the molecule is O=C1Cc2ccccc2N1.P. The van der Waals surface area contributed by atoms with E-state index in [2.05, 4.69) is 5.32 Å². The zero-order valence-electron chi connectivity index (χ0n) is 6.13. The maximum atomic E-state index is 10.8. The summed E-state index contributed by atoms with van der Waals surface area (Å²) in [6.45, 7) is 0. The number of benzene rings is 1. The Morgan fingerprint density at radius 3 is 2.73 bits per heavy atom. The average Bonchev–Trinajstić information content (AvgIpc) is 2.27. The van der Waals surface area contributed by atoms with Gasteiger partial charge in [-0.25, -0.2) is 0 Å². The van der Waals surface area contributed by atoms with Crippen molar-refractivity contribution in [2.24, 2.45) is 0 Å². The van der Waals surface area contributed by atoms with Gasteiger partial charge in [-0.1, -0.05) is 18.2 Å². The van der Waals surface area contributed by atoms with Gasteiger partial charge >= 0.3 is 0 Å². The number of para-hydroxylation sites is 1. The van der Waals surface area contributed by atoms with Gasteiger partial charge in [0.15, 0.2) is 0 Å². The smallest absolute Gasteiger partial charge is 0.228 e. The van der Waals surface area contributed by atoms with Gasteiger partial charge in [0, 0.05) is 5.69 Å². The van der Waals surface area contributed by atoms with Crippen LogP contribution in [0.2, 0.25) is 0 Å². The molecule has 0 saturated carbocycles. The van der Waals surface area contributed by atoms with Gasteiger partial charge in [-0.2, -0.15) is 9.90 Å². The van der Waals surface area contributed by atoms with Crippen LogP contribution in [-0.4, -0.2) is 5.91 Å². The van der Waals surface area contributed by atoms with E-state index in [1.54, 1.807) is 0 Å². The molecule has 0 aromatic heterocycles. The molecule has 11 heavy (non-hydrogen) atoms. The van der Waals surface area contributed by atoms with Crippen molar-refractivity contribution in [1.82, 2.24) is 0 Å². The summed E-state index contributed by atoms with van der Waals surface area (Å²) in [4.78, 5) is 10.8. The number of amides is 1. The molecule has 3 heteroatoms. The number of carbonyl (C=O) groups is 1. The number of anilines is 1. The van der Waals surface area contributed by atoms with Crippen molar-refractivity contribution in [1.29, 1.82) is 0 Å². The topological polar surface area (TPSA) is 29.1 Å². The Kier molecular flexibility index (Phi) is 2.25. The van der Waals surface area contributed by atoms with Gasteiger partial charge in [-0.05, 0) is 11.6 Å². The fourth-order valence-corrected chi connectivity index (χ4v) is 1.16. The monoisotopic (exact) mass is 167 g/mol. The highest BCUT2D eigenvalue weighted by molar-refractivity contribution is 6.92. The lowest BCUT2D eigenvalue weighted by Crippen LogP contribution is -2.03. The van der Waals surface area contributed by atoms with E-state index in [0.717, 1.165) is 11.3 Å². The van der Waals surface area contributed by atoms with E-state index in [-0.39, 0.29) is 15.8 Å². The van der Waals surface area contributed by atoms with Crippen molar-refractivity contribution in [2.75, 3.05) is 5.32 Å². The average molecular weight is 167 g/mol. The Morgan fingerprint density at radius 1 is 1.27 bits per heavy atom. The molecule has 1 atom stereocenters. The zero-order valence-corrected chi connectivity index (χ0v) is 7.55. The summed E-state index contributed by atoms with van der Waals surface area (Å²) in [5.41, 5.74) is 2.07. The normalized spacial score (nSPS) is 13.3. The molecule has 1 heterocycles. The fourth-order valence-electron chi connectivity index (χ4n) is 1.16. The van der Waals surface area contributed by atoms with Crippen LogP contribution in [-0.2, 0) is 11.2 Å². The quantitative estimate of drug-likeness (QED) is 0.578. The summed E-state index contributed by atoms with van der Waals surface area (Å²) in [5.74, 6) is 0.0983. The molecule has 1 aromatic rings. The van der Waals surface area contributed by atoms with Crippen molar-refractivity contribution >= 4 is 21.5 Å². The van der Waals surface area contributed by atoms with Crippen LogP contribution in [0.4, 0.5) is 5.69 Å². The fraction of sp³-hybridized carbons (Fsp3) is 0.125. The van der Waals surface area contributed by atoms with E-state index in [1.807, 2.05) is 24.3 Å². The van der Waals surface area contributed by atoms with Crippen molar-refractivity contribution in [2.45, 2.75) is 6.42 Å². The maximum absolute atomic E-state index is 10.8. The Balaban J connectivity index is 0.000000605. The second-order valence-electron chi connectivity index (χ2n) is 2.38. The number of fused-ring (bicyclic) bond motifs is 1. The number of nitrogens with one attached hydrogen (secondary N) is 1. The molecule has 0 bridgehead atoms. The standard InChI is InChI=1S/C8H7NO.H3P/c10-8-5-6-3-1-2-4-7(6)9-8;/h1-4H,5H2,(H,9,10);1H3.